The van der Waals surface area contributed by atoms with Crippen molar-refractivity contribution in [3.63, 3.8) is 0 Å². The lowest BCUT2D eigenvalue weighted by molar-refractivity contribution is 0.100. The van der Waals surface area contributed by atoms with Crippen molar-refractivity contribution in [2.75, 3.05) is 11.9 Å². The summed E-state index contributed by atoms with van der Waals surface area (Å²) in [6, 6.07) is 0. The van der Waals surface area contributed by atoms with Gasteiger partial charge in [-0.1, -0.05) is 0 Å². The van der Waals surface area contributed by atoms with E-state index in [4.69, 9.17) is 5.73 Å². The van der Waals surface area contributed by atoms with E-state index >= 15 is 0 Å². The van der Waals surface area contributed by atoms with Gasteiger partial charge in [0.2, 0.25) is 0 Å². The average Bonchev–Trinajstić information content (AvgIpc) is 2.36. The van der Waals surface area contributed by atoms with Crippen LogP contribution in [0.3, 0.4) is 0 Å². The normalized spacial score (nSPS) is 15.7. The molecule has 6 nitrogen and oxygen atoms in total. The van der Waals surface area contributed by atoms with Gasteiger partial charge in [-0.05, 0) is 0 Å². The quantitative estimate of drug-likeness (QED) is 0.437. The van der Waals surface area contributed by atoms with Gasteiger partial charge in [-0.3, -0.25) is 4.79 Å². The fraction of sp³-hybridized carbons (Fsp3) is 0.143. The number of rotatable bonds is 0. The van der Waals surface area contributed by atoms with Crippen molar-refractivity contribution in [2.45, 2.75) is 0 Å². The number of aromatic amines is 1. The first kappa shape index (κ1) is 7.66. The fourth-order valence-corrected chi connectivity index (χ4v) is 1.20. The molecule has 1 aromatic heterocycles. The second-order valence-corrected chi connectivity index (χ2v) is 2.67. The number of H-pyrrole nitrogens is 1. The van der Waals surface area contributed by atoms with Crippen molar-refractivity contribution in [2.24, 2.45) is 10.7 Å². The molecule has 13 heavy (non-hydrogen) atoms. The summed E-state index contributed by atoms with van der Waals surface area (Å²) in [7, 11) is 0. The van der Waals surface area contributed by atoms with Crippen LogP contribution in [0.5, 0.6) is 5.75 Å². The molecule has 68 valence electrons. The molecule has 0 saturated heterocycles. The fourth-order valence-electron chi connectivity index (χ4n) is 1.20. The van der Waals surface area contributed by atoms with Crippen LogP contribution in [0, 0.1) is 0 Å². The summed E-state index contributed by atoms with van der Waals surface area (Å²) in [5.74, 6) is 0.203. The molecule has 0 saturated carbocycles. The molecule has 0 aliphatic carbocycles. The van der Waals surface area contributed by atoms with Gasteiger partial charge in [0.05, 0.1) is 0 Å². The maximum absolute atomic E-state index is 11.4. The smallest absolute Gasteiger partial charge is 0.194 e. The van der Waals surface area contributed by atoms with Crippen LogP contribution in [0.1, 0.15) is 10.4 Å². The van der Waals surface area contributed by atoms with E-state index in [-0.39, 0.29) is 29.6 Å². The monoisotopic (exact) mass is 180 g/mol. The Morgan fingerprint density at radius 2 is 2.38 bits per heavy atom. The van der Waals surface area contributed by atoms with Crippen LogP contribution in [0.15, 0.2) is 11.2 Å². The number of nitrogens with zero attached hydrogens (tertiary/aromatic N) is 1. The molecule has 1 aliphatic heterocycles. The third-order valence-electron chi connectivity index (χ3n) is 1.78. The highest BCUT2D eigenvalue weighted by atomic mass is 16.3. The summed E-state index contributed by atoms with van der Waals surface area (Å²) >= 11 is 0. The van der Waals surface area contributed by atoms with Crippen molar-refractivity contribution >= 4 is 17.6 Å². The molecule has 2 heterocycles. The number of nitrogens with two attached hydrogens (primary N) is 1. The summed E-state index contributed by atoms with van der Waals surface area (Å²) in [5.41, 5.74) is 5.62. The van der Waals surface area contributed by atoms with Crippen molar-refractivity contribution in [3.8, 4) is 5.75 Å². The Bertz CT molecular complexity index is 393. The highest BCUT2D eigenvalue weighted by molar-refractivity contribution is 6.10. The topological polar surface area (TPSA) is 104 Å². The van der Waals surface area contributed by atoms with E-state index in [0.717, 1.165) is 0 Å². The maximum atomic E-state index is 11.4. The maximum Gasteiger partial charge on any atom is 0.194 e. The van der Waals surface area contributed by atoms with Gasteiger partial charge in [-0.15, -0.1) is 0 Å². The molecule has 0 amide bonds. The van der Waals surface area contributed by atoms with Crippen molar-refractivity contribution < 1.29 is 9.90 Å². The van der Waals surface area contributed by atoms with Gasteiger partial charge in [-0.25, -0.2) is 4.99 Å². The second kappa shape index (κ2) is 2.51. The van der Waals surface area contributed by atoms with Crippen molar-refractivity contribution in [1.29, 1.82) is 0 Å². The number of hydrogen-bond acceptors (Lipinski definition) is 5. The first-order valence-electron chi connectivity index (χ1n) is 3.69. The minimum atomic E-state index is -0.262. The van der Waals surface area contributed by atoms with Crippen molar-refractivity contribution in [3.05, 3.63) is 11.8 Å². The number of hydrogen-bond donors (Lipinski definition) is 4. The van der Waals surface area contributed by atoms with Gasteiger partial charge in [0.25, 0.3) is 0 Å². The Kier molecular flexibility index (Phi) is 1.48. The largest absolute Gasteiger partial charge is 0.506 e. The van der Waals surface area contributed by atoms with Crippen LogP contribution in [0.4, 0.5) is 5.82 Å². The van der Waals surface area contributed by atoms with E-state index in [1.807, 2.05) is 0 Å². The summed E-state index contributed by atoms with van der Waals surface area (Å²) < 4.78 is 0. The van der Waals surface area contributed by atoms with E-state index in [1.54, 1.807) is 0 Å². The summed E-state index contributed by atoms with van der Waals surface area (Å²) in [6.07, 6.45) is 1.33. The molecule has 0 bridgehead atoms. The Labute approximate surface area is 73.5 Å². The van der Waals surface area contributed by atoms with E-state index in [9.17, 15) is 9.90 Å². The first-order chi connectivity index (χ1) is 6.18. The number of Topliss-reactive ketones (excluding diaryl/α,β-unsaturated/α-hetero) is 1. The van der Waals surface area contributed by atoms with E-state index in [1.165, 1.54) is 6.20 Å². The number of guanidine groups is 1. The number of aromatic nitrogens is 1. The summed E-state index contributed by atoms with van der Waals surface area (Å²) in [4.78, 5) is 17.8. The lowest BCUT2D eigenvalue weighted by Crippen LogP contribution is -2.22. The van der Waals surface area contributed by atoms with Gasteiger partial charge in [0.1, 0.15) is 23.7 Å². The van der Waals surface area contributed by atoms with Crippen LogP contribution in [0.25, 0.3) is 0 Å². The second-order valence-electron chi connectivity index (χ2n) is 2.67. The minimum Gasteiger partial charge on any atom is -0.506 e. The molecule has 0 fully saturated rings. The highest BCUT2D eigenvalue weighted by Gasteiger charge is 2.21. The number of nitrogens with one attached hydrogen (secondary N) is 2. The number of aliphatic imine (C=N–C) groups is 1. The molecule has 0 radical (unpaired) electrons. The third kappa shape index (κ3) is 1.12. The van der Waals surface area contributed by atoms with Crippen LogP contribution >= 0.6 is 0 Å². The molecular formula is C7H8N4O2. The molecular weight excluding hydrogens is 172 g/mol. The Morgan fingerprint density at radius 1 is 1.62 bits per heavy atom. The Hall–Kier alpha value is -1.98. The number of anilines is 1. The van der Waals surface area contributed by atoms with Gasteiger partial charge in [0, 0.05) is 6.20 Å². The number of carbonyl (C=O) groups is 1. The average molecular weight is 180 g/mol. The lowest BCUT2D eigenvalue weighted by Gasteiger charge is -1.99. The molecule has 1 aromatic rings. The predicted molar refractivity (Wildman–Crippen MR) is 46.9 cm³/mol. The Balaban J connectivity index is 2.53. The third-order valence-corrected chi connectivity index (χ3v) is 1.78. The van der Waals surface area contributed by atoms with Crippen LogP contribution in [-0.2, 0) is 0 Å². The number of carbonyl (C=O) groups excluding carboxylic acids is 1. The van der Waals surface area contributed by atoms with Crippen LogP contribution < -0.4 is 11.1 Å². The minimum absolute atomic E-state index is 0.0444. The van der Waals surface area contributed by atoms with Gasteiger partial charge in [-0.2, -0.15) is 0 Å². The standard InChI is InChI=1S/C7H8N4O2/c8-7-10-2-4(13)5-3(12)1-9-6(5)11-7/h1,9,12H,2H2,(H3,8,10,11). The molecule has 2 rings (SSSR count). The van der Waals surface area contributed by atoms with E-state index in [0.29, 0.717) is 5.82 Å². The highest BCUT2D eigenvalue weighted by Crippen LogP contribution is 2.26. The molecule has 0 aromatic carbocycles. The molecule has 0 spiro atoms. The molecule has 0 atom stereocenters. The van der Waals surface area contributed by atoms with Gasteiger partial charge in [0.15, 0.2) is 11.7 Å². The Morgan fingerprint density at radius 3 is 3.15 bits per heavy atom. The van der Waals surface area contributed by atoms with Crippen LogP contribution in [0.2, 0.25) is 0 Å². The molecule has 1 aliphatic rings. The SMILES string of the molecule is NC1=NCC(=O)c2c(O)c[nH]c2N1. The van der Waals surface area contributed by atoms with Gasteiger partial charge < -0.3 is 21.1 Å². The number of ketones is 1. The van der Waals surface area contributed by atoms with E-state index < -0.39 is 0 Å². The zero-order valence-corrected chi connectivity index (χ0v) is 6.66. The molecule has 5 N–H and O–H groups in total. The van der Waals surface area contributed by atoms with E-state index in [2.05, 4.69) is 15.3 Å². The summed E-state index contributed by atoms with van der Waals surface area (Å²) in [6.45, 7) is -0.0444. The van der Waals surface area contributed by atoms with Crippen LogP contribution in [-0.4, -0.2) is 28.4 Å². The predicted octanol–water partition coefficient (Wildman–Crippen LogP) is -0.357. The van der Waals surface area contributed by atoms with Gasteiger partial charge >= 0.3 is 0 Å². The molecule has 0 unspecified atom stereocenters. The number of fused-ring (bicyclic) bond motifs is 1. The zero-order valence-electron chi connectivity index (χ0n) is 6.66. The number of aromatic hydroxyl groups is 1. The summed E-state index contributed by atoms with van der Waals surface area (Å²) in [5, 5.41) is 12.0. The lowest BCUT2D eigenvalue weighted by atomic mass is 10.2. The zero-order chi connectivity index (χ0) is 9.42. The van der Waals surface area contributed by atoms with Crippen molar-refractivity contribution in [1.82, 2.24) is 4.98 Å². The molecule has 6 heteroatoms. The first-order valence-corrected chi connectivity index (χ1v) is 3.69.